The van der Waals surface area contributed by atoms with Crippen LogP contribution in [0.25, 0.3) is 0 Å². The van der Waals surface area contributed by atoms with Gasteiger partial charge in [0, 0.05) is 17.7 Å². The minimum absolute atomic E-state index is 0.193. The Morgan fingerprint density at radius 3 is 2.52 bits per heavy atom. The van der Waals surface area contributed by atoms with Crippen LogP contribution in [0.2, 0.25) is 0 Å². The molecule has 0 amide bonds. The largest absolute Gasteiger partial charge is 0.496 e. The van der Waals surface area contributed by atoms with Gasteiger partial charge in [0.2, 0.25) is 0 Å². The van der Waals surface area contributed by atoms with E-state index in [4.69, 9.17) is 4.74 Å². The number of hydrogen-bond acceptors (Lipinski definition) is 2. The van der Waals surface area contributed by atoms with Crippen LogP contribution < -0.4 is 10.1 Å². The van der Waals surface area contributed by atoms with Gasteiger partial charge in [0.15, 0.2) is 0 Å². The maximum Gasteiger partial charge on any atom is 0.141 e. The van der Waals surface area contributed by atoms with Gasteiger partial charge in [0.1, 0.15) is 11.6 Å². The Balaban J connectivity index is 3.16. The molecule has 21 heavy (non-hydrogen) atoms. The molecular formula is C17H27BrFNO. The number of unbranched alkanes of at least 4 members (excludes halogenated alkanes) is 1. The number of benzene rings is 1. The van der Waals surface area contributed by atoms with Crippen LogP contribution in [0.5, 0.6) is 5.75 Å². The lowest BCUT2D eigenvalue weighted by atomic mass is 9.86. The minimum atomic E-state index is -0.285. The molecule has 1 N–H and O–H groups in total. The Morgan fingerprint density at radius 1 is 1.29 bits per heavy atom. The van der Waals surface area contributed by atoms with Crippen LogP contribution in [0.4, 0.5) is 4.39 Å². The summed E-state index contributed by atoms with van der Waals surface area (Å²) in [5.74, 6) is 0.861. The summed E-state index contributed by atoms with van der Waals surface area (Å²) in [5.41, 5.74) is 1.04. The predicted octanol–water partition coefficient (Wildman–Crippen LogP) is 5.46. The zero-order valence-electron chi connectivity index (χ0n) is 13.5. The molecule has 1 rings (SSSR count). The van der Waals surface area contributed by atoms with Gasteiger partial charge in [-0.25, -0.2) is 4.39 Å². The van der Waals surface area contributed by atoms with Crippen molar-refractivity contribution in [2.75, 3.05) is 13.7 Å². The molecule has 0 spiro atoms. The maximum absolute atomic E-state index is 13.7. The molecule has 2 unspecified atom stereocenters. The molecule has 0 aliphatic rings. The second kappa shape index (κ2) is 9.42. The summed E-state index contributed by atoms with van der Waals surface area (Å²) in [6, 6.07) is 3.52. The standard InChI is InChI=1S/C17H27BrFNO/c1-5-8-9-12(6-2)17(20-7-3)13-10-14(18)15(19)11-16(13)21-4/h10-12,17,20H,5-9H2,1-4H3. The van der Waals surface area contributed by atoms with E-state index in [1.165, 1.54) is 25.3 Å². The highest BCUT2D eigenvalue weighted by Crippen LogP contribution is 2.37. The minimum Gasteiger partial charge on any atom is -0.496 e. The second-order valence-corrected chi connectivity index (χ2v) is 6.21. The van der Waals surface area contributed by atoms with Gasteiger partial charge in [-0.05, 0) is 40.9 Å². The van der Waals surface area contributed by atoms with Gasteiger partial charge in [0.25, 0.3) is 0 Å². The fraction of sp³-hybridized carbons (Fsp3) is 0.647. The van der Waals surface area contributed by atoms with Crippen molar-refractivity contribution in [2.45, 2.75) is 52.5 Å². The summed E-state index contributed by atoms with van der Waals surface area (Å²) in [7, 11) is 1.60. The summed E-state index contributed by atoms with van der Waals surface area (Å²) in [6.07, 6.45) is 4.67. The molecule has 0 aliphatic carbocycles. The zero-order valence-corrected chi connectivity index (χ0v) is 15.1. The molecule has 2 atom stereocenters. The third kappa shape index (κ3) is 4.96. The van der Waals surface area contributed by atoms with Gasteiger partial charge in [-0.3, -0.25) is 0 Å². The quantitative estimate of drug-likeness (QED) is 0.631. The highest BCUT2D eigenvalue weighted by Gasteiger charge is 2.24. The van der Waals surface area contributed by atoms with Gasteiger partial charge >= 0.3 is 0 Å². The first kappa shape index (κ1) is 18.4. The van der Waals surface area contributed by atoms with Crippen molar-refractivity contribution in [1.82, 2.24) is 5.32 Å². The van der Waals surface area contributed by atoms with Crippen molar-refractivity contribution in [2.24, 2.45) is 5.92 Å². The third-order valence-electron chi connectivity index (χ3n) is 3.96. The van der Waals surface area contributed by atoms with E-state index in [-0.39, 0.29) is 11.9 Å². The lowest BCUT2D eigenvalue weighted by molar-refractivity contribution is 0.314. The van der Waals surface area contributed by atoms with E-state index in [9.17, 15) is 4.39 Å². The Kier molecular flexibility index (Phi) is 8.27. The average Bonchev–Trinajstić information content (AvgIpc) is 2.49. The smallest absolute Gasteiger partial charge is 0.141 e. The first-order valence-electron chi connectivity index (χ1n) is 7.85. The summed E-state index contributed by atoms with van der Waals surface area (Å²) in [4.78, 5) is 0. The first-order chi connectivity index (χ1) is 10.1. The Morgan fingerprint density at radius 2 is 2.00 bits per heavy atom. The monoisotopic (exact) mass is 359 g/mol. The van der Waals surface area contributed by atoms with Crippen LogP contribution in [0.15, 0.2) is 16.6 Å². The summed E-state index contributed by atoms with van der Waals surface area (Å²) in [5, 5.41) is 3.56. The van der Waals surface area contributed by atoms with Crippen molar-refractivity contribution in [3.63, 3.8) is 0 Å². The van der Waals surface area contributed by atoms with Crippen LogP contribution >= 0.6 is 15.9 Å². The molecule has 0 bridgehead atoms. The van der Waals surface area contributed by atoms with Crippen molar-refractivity contribution in [3.05, 3.63) is 28.0 Å². The Hall–Kier alpha value is -0.610. The Labute approximate surface area is 136 Å². The van der Waals surface area contributed by atoms with Gasteiger partial charge < -0.3 is 10.1 Å². The van der Waals surface area contributed by atoms with Crippen molar-refractivity contribution >= 4 is 15.9 Å². The van der Waals surface area contributed by atoms with E-state index in [2.05, 4.69) is 42.0 Å². The lowest BCUT2D eigenvalue weighted by Gasteiger charge is -2.29. The fourth-order valence-electron chi connectivity index (χ4n) is 2.79. The van der Waals surface area contributed by atoms with Crippen molar-refractivity contribution < 1.29 is 9.13 Å². The molecule has 0 aliphatic heterocycles. The predicted molar refractivity (Wildman–Crippen MR) is 90.4 cm³/mol. The second-order valence-electron chi connectivity index (χ2n) is 5.35. The summed E-state index contributed by atoms with van der Waals surface area (Å²) >= 11 is 3.29. The average molecular weight is 360 g/mol. The molecule has 120 valence electrons. The number of ether oxygens (including phenoxy) is 1. The number of halogens is 2. The summed E-state index contributed by atoms with van der Waals surface area (Å²) in [6.45, 7) is 7.41. The Bertz CT molecular complexity index is 439. The molecule has 0 heterocycles. The molecule has 2 nitrogen and oxygen atoms in total. The van der Waals surface area contributed by atoms with Crippen molar-refractivity contribution in [3.8, 4) is 5.75 Å². The first-order valence-corrected chi connectivity index (χ1v) is 8.64. The SMILES string of the molecule is CCCCC(CC)C(NCC)c1cc(Br)c(F)cc1OC. The van der Waals surface area contributed by atoms with Gasteiger partial charge in [-0.1, -0.05) is 40.0 Å². The van der Waals surface area contributed by atoms with E-state index in [0.717, 1.165) is 18.5 Å². The van der Waals surface area contributed by atoms with Crippen LogP contribution in [-0.2, 0) is 0 Å². The topological polar surface area (TPSA) is 21.3 Å². The highest BCUT2D eigenvalue weighted by molar-refractivity contribution is 9.10. The molecule has 0 saturated carbocycles. The molecule has 4 heteroatoms. The molecule has 0 fully saturated rings. The molecule has 0 radical (unpaired) electrons. The number of methoxy groups -OCH3 is 1. The van der Waals surface area contributed by atoms with Gasteiger partial charge in [-0.2, -0.15) is 0 Å². The summed E-state index contributed by atoms with van der Waals surface area (Å²) < 4.78 is 19.6. The van der Waals surface area contributed by atoms with E-state index in [0.29, 0.717) is 16.1 Å². The fourth-order valence-corrected chi connectivity index (χ4v) is 3.15. The molecule has 0 saturated heterocycles. The van der Waals surface area contributed by atoms with E-state index in [1.807, 2.05) is 6.07 Å². The van der Waals surface area contributed by atoms with E-state index < -0.39 is 0 Å². The molecule has 1 aromatic carbocycles. The zero-order chi connectivity index (χ0) is 15.8. The van der Waals surface area contributed by atoms with Crippen LogP contribution in [0.1, 0.15) is 58.1 Å². The molecular weight excluding hydrogens is 333 g/mol. The number of hydrogen-bond donors (Lipinski definition) is 1. The molecule has 0 aromatic heterocycles. The van der Waals surface area contributed by atoms with Crippen molar-refractivity contribution in [1.29, 1.82) is 0 Å². The van der Waals surface area contributed by atoms with Crippen LogP contribution in [0, 0.1) is 11.7 Å². The highest BCUT2D eigenvalue weighted by atomic mass is 79.9. The lowest BCUT2D eigenvalue weighted by Crippen LogP contribution is -2.28. The van der Waals surface area contributed by atoms with E-state index >= 15 is 0 Å². The maximum atomic E-state index is 13.7. The molecule has 1 aromatic rings. The van der Waals surface area contributed by atoms with Gasteiger partial charge in [-0.15, -0.1) is 0 Å². The van der Waals surface area contributed by atoms with Gasteiger partial charge in [0.05, 0.1) is 11.6 Å². The number of nitrogens with one attached hydrogen (secondary N) is 1. The number of rotatable bonds is 9. The van der Waals surface area contributed by atoms with Crippen LogP contribution in [-0.4, -0.2) is 13.7 Å². The van der Waals surface area contributed by atoms with Crippen LogP contribution in [0.3, 0.4) is 0 Å². The van der Waals surface area contributed by atoms with E-state index in [1.54, 1.807) is 7.11 Å². The third-order valence-corrected chi connectivity index (χ3v) is 4.56. The normalized spacial score (nSPS) is 14.0.